The lowest BCUT2D eigenvalue weighted by Crippen LogP contribution is -2.51. The largest absolute Gasteiger partial charge is 0.550 e. The van der Waals surface area contributed by atoms with Crippen LogP contribution >= 0.6 is 0 Å². The molecule has 1 N–H and O–H groups in total. The van der Waals surface area contributed by atoms with E-state index in [1.165, 1.54) is 5.57 Å². The molecule has 8 heteroatoms. The van der Waals surface area contributed by atoms with Crippen LogP contribution in [0.4, 0.5) is 4.79 Å². The van der Waals surface area contributed by atoms with Gasteiger partial charge in [-0.1, -0.05) is 19.4 Å². The molecule has 37 heavy (non-hydrogen) atoms. The monoisotopic (exact) mass is 521 g/mol. The van der Waals surface area contributed by atoms with Crippen LogP contribution in [-0.4, -0.2) is 74.0 Å². The van der Waals surface area contributed by atoms with E-state index < -0.39 is 12.1 Å². The van der Waals surface area contributed by atoms with E-state index in [1.807, 2.05) is 34.1 Å². The number of quaternary nitrogens is 1. The van der Waals surface area contributed by atoms with Crippen LogP contribution in [0, 0.1) is 28.6 Å². The molecule has 1 unspecified atom stereocenters. The maximum atomic E-state index is 11.9. The van der Waals surface area contributed by atoms with Gasteiger partial charge in [0.1, 0.15) is 18.8 Å². The first kappa shape index (κ1) is 29.6. The van der Waals surface area contributed by atoms with Crippen LogP contribution < -0.4 is 5.11 Å². The molecule has 8 nitrogen and oxygen atoms in total. The van der Waals surface area contributed by atoms with E-state index in [1.54, 1.807) is 0 Å². The Bertz CT molecular complexity index is 893. The molecule has 4 aliphatic rings. The van der Waals surface area contributed by atoms with Gasteiger partial charge in [0.25, 0.3) is 0 Å². The molecule has 4 rings (SSSR count). The number of carboxylic acids is 1. The van der Waals surface area contributed by atoms with Gasteiger partial charge in [0.2, 0.25) is 0 Å². The molecule has 0 amide bonds. The molecular formula is C29H47NO7. The van der Waals surface area contributed by atoms with Crippen molar-refractivity contribution in [2.24, 2.45) is 28.6 Å². The minimum Gasteiger partial charge on any atom is -0.550 e. The van der Waals surface area contributed by atoms with Crippen molar-refractivity contribution < 1.29 is 38.6 Å². The highest BCUT2D eigenvalue weighted by atomic mass is 16.7. The van der Waals surface area contributed by atoms with Crippen molar-refractivity contribution >= 4 is 17.9 Å². The fourth-order valence-electron chi connectivity index (χ4n) is 8.04. The number of allylic oxidation sites excluding steroid dienone is 1. The van der Waals surface area contributed by atoms with Crippen LogP contribution in [0.1, 0.15) is 78.6 Å². The quantitative estimate of drug-likeness (QED) is 0.400. The molecule has 3 saturated carbocycles. The van der Waals surface area contributed by atoms with E-state index in [4.69, 9.17) is 14.6 Å². The summed E-state index contributed by atoms with van der Waals surface area (Å²) in [5.41, 5.74) is 1.57. The van der Waals surface area contributed by atoms with Crippen molar-refractivity contribution in [3.05, 3.63) is 11.6 Å². The average Bonchev–Trinajstić information content (AvgIpc) is 3.09. The summed E-state index contributed by atoms with van der Waals surface area (Å²) in [6, 6.07) is 0. The SMILES string of the molecule is CCOC(CC(=O)[O-])C[N+](C)(C)C.C[C@]12CC[C@H]3[C@@H](CCC4=CC(=O)CC[C@@]43C)[C@@H]1CC[C@@H]2OC(=O)O. The summed E-state index contributed by atoms with van der Waals surface area (Å²) in [7, 11) is 6.00. The van der Waals surface area contributed by atoms with Gasteiger partial charge in [-0.3, -0.25) is 4.79 Å². The van der Waals surface area contributed by atoms with Crippen molar-refractivity contribution in [3.8, 4) is 0 Å². The highest BCUT2D eigenvalue weighted by Crippen LogP contribution is 2.65. The Morgan fingerprint density at radius 2 is 1.81 bits per heavy atom. The molecule has 210 valence electrons. The van der Waals surface area contributed by atoms with E-state index >= 15 is 0 Å². The number of nitrogens with zero attached hydrogens (tertiary/aromatic N) is 1. The first-order valence-electron chi connectivity index (χ1n) is 13.9. The van der Waals surface area contributed by atoms with Crippen LogP contribution in [0.25, 0.3) is 0 Å². The second-order valence-electron chi connectivity index (χ2n) is 13.1. The minimum absolute atomic E-state index is 0.00161. The maximum Gasteiger partial charge on any atom is 0.506 e. The van der Waals surface area contributed by atoms with E-state index in [0.29, 0.717) is 47.6 Å². The Balaban J connectivity index is 0.000000251. The fourth-order valence-corrected chi connectivity index (χ4v) is 8.04. The standard InChI is InChI=1S/C20H28O4.C9H19NO3/c1-19-9-7-13(21)11-12(19)3-4-14-15-5-6-17(24-18(22)23)20(15,2)10-8-16(14)19;1-5-13-8(6-9(11)12)7-10(2,3)4/h11,14-17H,3-10H2,1-2H3,(H,22,23);8H,5-7H2,1-4H3/t14-,15-,16-,17-,19-,20-;/m0./s1. The number of rotatable bonds is 7. The number of likely N-dealkylation sites (N-methyl/N-ethyl adjacent to an activating group) is 1. The van der Waals surface area contributed by atoms with Crippen LogP contribution in [0.15, 0.2) is 11.6 Å². The third-order valence-electron chi connectivity index (χ3n) is 9.67. The summed E-state index contributed by atoms with van der Waals surface area (Å²) < 4.78 is 11.3. The van der Waals surface area contributed by atoms with Crippen LogP contribution in [0.3, 0.4) is 0 Å². The molecule has 0 radical (unpaired) electrons. The van der Waals surface area contributed by atoms with Gasteiger partial charge < -0.3 is 29.0 Å². The Morgan fingerprint density at radius 1 is 1.11 bits per heavy atom. The van der Waals surface area contributed by atoms with Crippen molar-refractivity contribution in [3.63, 3.8) is 0 Å². The summed E-state index contributed by atoms with van der Waals surface area (Å²) >= 11 is 0. The summed E-state index contributed by atoms with van der Waals surface area (Å²) in [4.78, 5) is 33.3. The molecule has 0 spiro atoms. The molecule has 0 aromatic heterocycles. The zero-order valence-corrected chi connectivity index (χ0v) is 23.6. The van der Waals surface area contributed by atoms with E-state index in [0.717, 1.165) is 44.9 Å². The van der Waals surface area contributed by atoms with Crippen LogP contribution in [0.5, 0.6) is 0 Å². The third-order valence-corrected chi connectivity index (χ3v) is 9.67. The summed E-state index contributed by atoms with van der Waals surface area (Å²) in [5, 5.41) is 19.4. The van der Waals surface area contributed by atoms with Crippen molar-refractivity contribution in [1.29, 1.82) is 0 Å². The molecular weight excluding hydrogens is 474 g/mol. The summed E-state index contributed by atoms with van der Waals surface area (Å²) in [6.07, 6.45) is 8.43. The lowest BCUT2D eigenvalue weighted by atomic mass is 9.47. The molecule has 0 aliphatic heterocycles. The zero-order valence-electron chi connectivity index (χ0n) is 23.6. The van der Waals surface area contributed by atoms with Gasteiger partial charge in [-0.25, -0.2) is 4.79 Å². The van der Waals surface area contributed by atoms with Gasteiger partial charge in [-0.2, -0.15) is 0 Å². The zero-order chi connectivity index (χ0) is 27.6. The minimum atomic E-state index is -1.13. The normalized spacial score (nSPS) is 35.6. The second kappa shape index (κ2) is 11.4. The van der Waals surface area contributed by atoms with Gasteiger partial charge in [0.15, 0.2) is 5.78 Å². The first-order chi connectivity index (χ1) is 17.2. The predicted molar refractivity (Wildman–Crippen MR) is 138 cm³/mol. The Morgan fingerprint density at radius 3 is 2.41 bits per heavy atom. The molecule has 4 aliphatic carbocycles. The predicted octanol–water partition coefficient (Wildman–Crippen LogP) is 3.82. The van der Waals surface area contributed by atoms with Gasteiger partial charge in [-0.15, -0.1) is 0 Å². The van der Waals surface area contributed by atoms with E-state index in [9.17, 15) is 19.5 Å². The van der Waals surface area contributed by atoms with Gasteiger partial charge in [-0.05, 0) is 81.1 Å². The van der Waals surface area contributed by atoms with Gasteiger partial charge >= 0.3 is 6.16 Å². The number of ketones is 1. The lowest BCUT2D eigenvalue weighted by Gasteiger charge is -2.57. The molecule has 7 atom stereocenters. The number of hydrogen-bond acceptors (Lipinski definition) is 6. The number of carboxylic acid groups (broad SMARTS) is 2. The highest BCUT2D eigenvalue weighted by Gasteiger charge is 2.60. The molecule has 0 saturated heterocycles. The van der Waals surface area contributed by atoms with Gasteiger partial charge in [0.05, 0.1) is 21.1 Å². The number of hydrogen-bond donors (Lipinski definition) is 1. The molecule has 0 heterocycles. The number of aliphatic carboxylic acids is 1. The Labute approximate surface area is 222 Å². The Kier molecular flexibility index (Phi) is 9.16. The number of fused-ring (bicyclic) bond motifs is 5. The van der Waals surface area contributed by atoms with Crippen LogP contribution in [0.2, 0.25) is 0 Å². The third kappa shape index (κ3) is 6.75. The second-order valence-corrected chi connectivity index (χ2v) is 13.1. The van der Waals surface area contributed by atoms with Crippen LogP contribution in [-0.2, 0) is 19.1 Å². The summed E-state index contributed by atoms with van der Waals surface area (Å²) in [6.45, 7) is 7.72. The smallest absolute Gasteiger partial charge is 0.506 e. The van der Waals surface area contributed by atoms with Gasteiger partial charge in [0, 0.05) is 30.8 Å². The topological polar surface area (TPSA) is 113 Å². The maximum absolute atomic E-state index is 11.9. The molecule has 0 aromatic carbocycles. The van der Waals surface area contributed by atoms with E-state index in [2.05, 4.69) is 13.8 Å². The number of carbonyl (C=O) groups is 3. The fraction of sp³-hybridized carbons (Fsp3) is 0.828. The molecule has 0 aromatic rings. The highest BCUT2D eigenvalue weighted by molar-refractivity contribution is 5.91. The summed E-state index contributed by atoms with van der Waals surface area (Å²) in [5.74, 6) is 1.12. The molecule has 0 bridgehead atoms. The molecule has 3 fully saturated rings. The Hall–Kier alpha value is -1.93. The van der Waals surface area contributed by atoms with Crippen molar-refractivity contribution in [2.45, 2.75) is 90.8 Å². The van der Waals surface area contributed by atoms with Crippen molar-refractivity contribution in [2.75, 3.05) is 34.3 Å². The number of ether oxygens (including phenoxy) is 2. The lowest BCUT2D eigenvalue weighted by molar-refractivity contribution is -0.873. The first-order valence-corrected chi connectivity index (χ1v) is 13.9. The van der Waals surface area contributed by atoms with E-state index in [-0.39, 0.29) is 29.5 Å². The average molecular weight is 522 g/mol. The number of carbonyl (C=O) groups excluding carboxylic acids is 2. The van der Waals surface area contributed by atoms with Crippen molar-refractivity contribution in [1.82, 2.24) is 0 Å².